The summed E-state index contributed by atoms with van der Waals surface area (Å²) in [5, 5.41) is 3.49. The van der Waals surface area contributed by atoms with Crippen molar-refractivity contribution < 1.29 is 23.5 Å². The molecule has 2 amide bonds. The molecule has 1 heterocycles. The number of hydrogen-bond acceptors (Lipinski definition) is 5. The van der Waals surface area contributed by atoms with Gasteiger partial charge in [0.25, 0.3) is 0 Å². The summed E-state index contributed by atoms with van der Waals surface area (Å²) >= 11 is 3.55. The smallest absolute Gasteiger partial charge is 0.416 e. The number of nitrogens with one attached hydrogen (secondary N) is 1. The van der Waals surface area contributed by atoms with Crippen molar-refractivity contribution in [1.82, 2.24) is 4.90 Å². The van der Waals surface area contributed by atoms with Crippen LogP contribution in [0.3, 0.4) is 0 Å². The van der Waals surface area contributed by atoms with Gasteiger partial charge < -0.3 is 14.8 Å². The minimum Gasteiger partial charge on any atom is -0.489 e. The third-order valence-corrected chi connectivity index (χ3v) is 8.13. The molecule has 0 aromatic heterocycles. The number of carbonyl (C=O) groups is 2. The maximum absolute atomic E-state index is 13.7. The van der Waals surface area contributed by atoms with Crippen LogP contribution in [0, 0.1) is 0 Å². The second-order valence-electron chi connectivity index (χ2n) is 11.5. The number of cyclic esters (lactones) is 1. The summed E-state index contributed by atoms with van der Waals surface area (Å²) in [5.41, 5.74) is 3.76. The highest BCUT2D eigenvalue weighted by Gasteiger charge is 2.39. The quantitative estimate of drug-likeness (QED) is 0.138. The number of benzene rings is 4. The molecule has 1 aliphatic rings. The molecule has 1 aliphatic heterocycles. The van der Waals surface area contributed by atoms with Crippen molar-refractivity contribution >= 4 is 33.6 Å². The van der Waals surface area contributed by atoms with Gasteiger partial charge in [0.05, 0.1) is 18.5 Å². The van der Waals surface area contributed by atoms with Gasteiger partial charge in [0.15, 0.2) is 0 Å². The summed E-state index contributed by atoms with van der Waals surface area (Å²) in [4.78, 5) is 27.7. The Hall–Kier alpha value is -4.69. The fourth-order valence-corrected chi connectivity index (χ4v) is 5.47. The Morgan fingerprint density at radius 2 is 1.56 bits per heavy atom. The molecule has 0 radical (unpaired) electrons. The van der Waals surface area contributed by atoms with E-state index in [1.54, 1.807) is 13.0 Å². The lowest BCUT2D eigenvalue weighted by Crippen LogP contribution is -2.41. The molecular weight excluding hydrogens is 695 g/mol. The van der Waals surface area contributed by atoms with Gasteiger partial charge in [-0.2, -0.15) is 0 Å². The number of rotatable bonds is 13. The molecule has 1 N–H and O–H groups in total. The van der Waals surface area contributed by atoms with Crippen LogP contribution < -0.4 is 10.1 Å². The number of carbonyl (C=O) groups excluding carboxylic acids is 2. The highest BCUT2D eigenvalue weighted by atomic mass is 79.9. The van der Waals surface area contributed by atoms with Crippen LogP contribution in [0.2, 0.25) is 0 Å². The maximum atomic E-state index is 13.7. The largest absolute Gasteiger partial charge is 0.489 e. The van der Waals surface area contributed by atoms with Crippen molar-refractivity contribution in [2.45, 2.75) is 65.1 Å². The summed E-state index contributed by atoms with van der Waals surface area (Å²) in [6.07, 6.45) is 9.89. The Morgan fingerprint density at radius 1 is 0.940 bits per heavy atom. The van der Waals surface area contributed by atoms with Gasteiger partial charge in [0.1, 0.15) is 25.6 Å². The zero-order valence-corrected chi connectivity index (χ0v) is 30.7. The fourth-order valence-electron chi connectivity index (χ4n) is 5.13. The van der Waals surface area contributed by atoms with Crippen molar-refractivity contribution in [1.29, 1.82) is 0 Å². The Labute approximate surface area is 305 Å². The first kappa shape index (κ1) is 39.7. The number of hydrogen-bond donors (Lipinski definition) is 1. The molecule has 1 fully saturated rings. The summed E-state index contributed by atoms with van der Waals surface area (Å²) < 4.78 is 23.4. The summed E-state index contributed by atoms with van der Waals surface area (Å²) in [5.74, 6) is 0.350. The van der Waals surface area contributed by atoms with Crippen LogP contribution in [0.1, 0.15) is 62.8 Å². The fraction of sp³-hybridized carbons (Fsp3) is 0.286. The highest BCUT2D eigenvalue weighted by Crippen LogP contribution is 2.34. The Kier molecular flexibility index (Phi) is 18.2. The van der Waals surface area contributed by atoms with Gasteiger partial charge in [-0.3, -0.25) is 4.79 Å². The molecule has 2 atom stereocenters. The van der Waals surface area contributed by atoms with E-state index < -0.39 is 12.1 Å². The first-order chi connectivity index (χ1) is 24.4. The molecule has 264 valence electrons. The van der Waals surface area contributed by atoms with E-state index in [2.05, 4.69) is 47.2 Å². The number of halogens is 2. The van der Waals surface area contributed by atoms with Crippen LogP contribution in [-0.4, -0.2) is 36.2 Å². The number of amides is 2. The molecule has 0 bridgehead atoms. The van der Waals surface area contributed by atoms with Crippen LogP contribution in [0.15, 0.2) is 138 Å². The summed E-state index contributed by atoms with van der Waals surface area (Å²) in [6, 6.07) is 34.4. The van der Waals surface area contributed by atoms with E-state index in [-0.39, 0.29) is 31.7 Å². The number of nitrogens with zero attached hydrogens (tertiary/aromatic N) is 1. The standard InChI is InChI=1S/C32H29BrN2O4.C6H12.C4H7F/c33-25-16-17-28(30(19-25)38-21-24-12-6-2-7-13-24)29(34-26-14-8-3-9-15-26)20-31(36)35-27(22-39-32(35)37)18-23-10-4-1-5-11-23;1-3-5-6-4-2;1-2-3-4-5/h1-17,19,27,29,34H,18,20-22H2;3,5H,4,6H2,1-2H3;2-3H,4H2,1H3/b;5-3+;3-2-/t27-,29?;;/m0../s1. The zero-order valence-electron chi connectivity index (χ0n) is 29.1. The summed E-state index contributed by atoms with van der Waals surface area (Å²) in [6.45, 7) is 6.25. The van der Waals surface area contributed by atoms with Crippen LogP contribution in [-0.2, 0) is 22.6 Å². The first-order valence-corrected chi connectivity index (χ1v) is 17.8. The van der Waals surface area contributed by atoms with E-state index in [0.717, 1.165) is 26.9 Å². The van der Waals surface area contributed by atoms with Crippen molar-refractivity contribution in [3.05, 3.63) is 155 Å². The van der Waals surface area contributed by atoms with Crippen molar-refractivity contribution in [3.63, 3.8) is 0 Å². The number of alkyl halides is 1. The average molecular weight is 744 g/mol. The predicted molar refractivity (Wildman–Crippen MR) is 205 cm³/mol. The van der Waals surface area contributed by atoms with Crippen LogP contribution >= 0.6 is 15.9 Å². The van der Waals surface area contributed by atoms with Crippen molar-refractivity contribution in [2.24, 2.45) is 0 Å². The molecule has 4 aromatic carbocycles. The third-order valence-electron chi connectivity index (χ3n) is 7.64. The number of anilines is 1. The molecule has 8 heteroatoms. The minimum atomic E-state index is -0.601. The molecular formula is C42H48BrFN2O4. The molecule has 0 saturated carbocycles. The van der Waals surface area contributed by atoms with Crippen molar-refractivity contribution in [3.8, 4) is 5.75 Å². The van der Waals surface area contributed by atoms with Crippen molar-refractivity contribution in [2.75, 3.05) is 18.6 Å². The lowest BCUT2D eigenvalue weighted by molar-refractivity contribution is -0.129. The normalized spacial score (nSPS) is 14.3. The van der Waals surface area contributed by atoms with E-state index in [9.17, 15) is 14.0 Å². The zero-order chi connectivity index (χ0) is 36.0. The predicted octanol–water partition coefficient (Wildman–Crippen LogP) is 11.1. The molecule has 50 heavy (non-hydrogen) atoms. The van der Waals surface area contributed by atoms with Gasteiger partial charge in [-0.15, -0.1) is 0 Å². The average Bonchev–Trinajstić information content (AvgIpc) is 3.51. The van der Waals surface area contributed by atoms with Gasteiger partial charge in [0.2, 0.25) is 5.91 Å². The third kappa shape index (κ3) is 13.7. The molecule has 1 unspecified atom stereocenters. The second-order valence-corrected chi connectivity index (χ2v) is 12.4. The highest BCUT2D eigenvalue weighted by molar-refractivity contribution is 9.10. The SMILES string of the molecule is C/C=C/CCC.C/C=C\CF.O=C(CC(Nc1ccccc1)c1ccc(Br)cc1OCc1ccccc1)N1C(=O)OC[C@@H]1Cc1ccccc1. The number of ether oxygens (including phenoxy) is 2. The molecule has 6 nitrogen and oxygen atoms in total. The van der Waals surface area contributed by atoms with E-state index in [0.29, 0.717) is 18.8 Å². The number of allylic oxidation sites excluding steroid dienone is 4. The maximum Gasteiger partial charge on any atom is 0.416 e. The van der Waals surface area contributed by atoms with E-state index in [1.165, 1.54) is 23.8 Å². The lowest BCUT2D eigenvalue weighted by atomic mass is 10.00. The Balaban J connectivity index is 0.000000535. The molecule has 1 saturated heterocycles. The van der Waals surface area contributed by atoms with Gasteiger partial charge >= 0.3 is 6.09 Å². The van der Waals surface area contributed by atoms with Crippen LogP contribution in [0.25, 0.3) is 0 Å². The Bertz CT molecular complexity index is 1620. The van der Waals surface area contributed by atoms with Crippen LogP contribution in [0.4, 0.5) is 14.9 Å². The number of unbranched alkanes of at least 4 members (excludes halogenated alkanes) is 1. The topological polar surface area (TPSA) is 67.9 Å². The number of imide groups is 1. The van der Waals surface area contributed by atoms with Gasteiger partial charge in [0, 0.05) is 15.7 Å². The lowest BCUT2D eigenvalue weighted by Gasteiger charge is -2.26. The minimum absolute atomic E-state index is 0.0403. The molecule has 4 aromatic rings. The first-order valence-electron chi connectivity index (χ1n) is 17.0. The van der Waals surface area contributed by atoms with Gasteiger partial charge in [-0.25, -0.2) is 14.1 Å². The summed E-state index contributed by atoms with van der Waals surface area (Å²) in [7, 11) is 0. The number of para-hydroxylation sites is 1. The van der Waals surface area contributed by atoms with E-state index in [4.69, 9.17) is 9.47 Å². The van der Waals surface area contributed by atoms with E-state index >= 15 is 0 Å². The van der Waals surface area contributed by atoms with Gasteiger partial charge in [-0.1, -0.05) is 139 Å². The molecule has 5 rings (SSSR count). The van der Waals surface area contributed by atoms with Gasteiger partial charge in [-0.05, 0) is 62.1 Å². The van der Waals surface area contributed by atoms with E-state index in [1.807, 2.05) is 109 Å². The monoisotopic (exact) mass is 742 g/mol. The second kappa shape index (κ2) is 22.9. The molecule has 0 aliphatic carbocycles. The molecule has 0 spiro atoms. The van der Waals surface area contributed by atoms with Crippen LogP contribution in [0.5, 0.6) is 5.75 Å². The Morgan fingerprint density at radius 3 is 2.12 bits per heavy atom.